The zero-order chi connectivity index (χ0) is 24.9. The van der Waals surface area contributed by atoms with Crippen molar-refractivity contribution in [1.82, 2.24) is 0 Å². The highest BCUT2D eigenvalue weighted by Crippen LogP contribution is 2.39. The Morgan fingerprint density at radius 1 is 1.00 bits per heavy atom. The zero-order valence-corrected chi connectivity index (χ0v) is 18.3. The molecule has 1 amide bonds. The minimum atomic E-state index is -0.924. The summed E-state index contributed by atoms with van der Waals surface area (Å²) in [7, 11) is 0. The summed E-state index contributed by atoms with van der Waals surface area (Å²) >= 11 is 0. The monoisotopic (exact) mass is 481 g/mol. The molecule has 4 rings (SSSR count). The van der Waals surface area contributed by atoms with E-state index in [-0.39, 0.29) is 41.7 Å². The van der Waals surface area contributed by atoms with E-state index in [2.05, 4.69) is 5.32 Å². The Balaban J connectivity index is 1.62. The molecule has 2 aliphatic heterocycles. The summed E-state index contributed by atoms with van der Waals surface area (Å²) in [5, 5.41) is 35.0. The van der Waals surface area contributed by atoms with E-state index in [1.165, 1.54) is 18.2 Å². The van der Waals surface area contributed by atoms with Gasteiger partial charge in [0.2, 0.25) is 0 Å². The van der Waals surface area contributed by atoms with E-state index >= 15 is 0 Å². The Bertz CT molecular complexity index is 1260. The van der Waals surface area contributed by atoms with Gasteiger partial charge in [-0.25, -0.2) is 0 Å². The minimum absolute atomic E-state index is 0.171. The average molecular weight is 481 g/mol. The van der Waals surface area contributed by atoms with Crippen LogP contribution in [0.15, 0.2) is 35.9 Å². The summed E-state index contributed by atoms with van der Waals surface area (Å²) in [6.45, 7) is 2.36. The summed E-state index contributed by atoms with van der Waals surface area (Å²) in [6.07, 6.45) is 1.18. The Hall–Kier alpha value is -4.70. The number of carbonyl (C=O) groups excluding carboxylic acids is 1. The van der Waals surface area contributed by atoms with Crippen molar-refractivity contribution in [2.24, 2.45) is 0 Å². The normalized spacial score (nSPS) is 15.2. The standard InChI is InChI=1S/C22H19N5O8/c23-13-15(9-14-1-2-17(19(10-14)27(31)32)25-3-5-33-6-4-25)22(28)24-16-11-20-21(35-8-7-34-20)12-18(16)26(29)30/h1-2,9-12H,3-8H2,(H,24,28)/b15-9-. The Kier molecular flexibility index (Phi) is 6.74. The molecule has 0 aliphatic carbocycles. The van der Waals surface area contributed by atoms with Crippen LogP contribution in [0.1, 0.15) is 5.56 Å². The van der Waals surface area contributed by atoms with Crippen molar-refractivity contribution < 1.29 is 28.9 Å². The molecule has 180 valence electrons. The number of rotatable bonds is 6. The minimum Gasteiger partial charge on any atom is -0.486 e. The molecule has 0 saturated carbocycles. The van der Waals surface area contributed by atoms with Gasteiger partial charge in [0.15, 0.2) is 11.5 Å². The lowest BCUT2D eigenvalue weighted by Crippen LogP contribution is -2.36. The maximum atomic E-state index is 12.8. The summed E-state index contributed by atoms with van der Waals surface area (Å²) in [4.78, 5) is 36.5. The number of anilines is 2. The van der Waals surface area contributed by atoms with Crippen LogP contribution < -0.4 is 19.7 Å². The number of hydrogen-bond donors (Lipinski definition) is 1. The van der Waals surface area contributed by atoms with Crippen molar-refractivity contribution in [3.8, 4) is 17.6 Å². The topological polar surface area (TPSA) is 170 Å². The molecule has 0 spiro atoms. The van der Waals surface area contributed by atoms with E-state index < -0.39 is 27.0 Å². The fraction of sp³-hybridized carbons (Fsp3) is 0.273. The number of benzene rings is 2. The van der Waals surface area contributed by atoms with Crippen molar-refractivity contribution in [2.45, 2.75) is 0 Å². The molecule has 13 heteroatoms. The number of fused-ring (bicyclic) bond motifs is 1. The first kappa shape index (κ1) is 23.5. The van der Waals surface area contributed by atoms with E-state index in [4.69, 9.17) is 14.2 Å². The van der Waals surface area contributed by atoms with Crippen LogP contribution in [0.25, 0.3) is 6.08 Å². The maximum Gasteiger partial charge on any atom is 0.296 e. The molecule has 1 fully saturated rings. The van der Waals surface area contributed by atoms with Crippen LogP contribution in [0.4, 0.5) is 22.7 Å². The molecule has 2 heterocycles. The van der Waals surface area contributed by atoms with Crippen LogP contribution in [0.5, 0.6) is 11.5 Å². The fourth-order valence-electron chi connectivity index (χ4n) is 3.68. The molecular formula is C22H19N5O8. The number of amides is 1. The summed E-state index contributed by atoms with van der Waals surface area (Å²) < 4.78 is 16.0. The van der Waals surface area contributed by atoms with Gasteiger partial charge in [0.1, 0.15) is 36.2 Å². The average Bonchev–Trinajstić information content (AvgIpc) is 2.87. The second-order valence-electron chi connectivity index (χ2n) is 7.50. The molecule has 2 aromatic carbocycles. The second-order valence-corrected chi connectivity index (χ2v) is 7.50. The summed E-state index contributed by atoms with van der Waals surface area (Å²) in [5.41, 5.74) is -0.546. The van der Waals surface area contributed by atoms with Crippen molar-refractivity contribution in [2.75, 3.05) is 49.7 Å². The molecule has 35 heavy (non-hydrogen) atoms. The van der Waals surface area contributed by atoms with Crippen molar-refractivity contribution >= 4 is 34.7 Å². The number of nitrogens with one attached hydrogen (secondary N) is 1. The van der Waals surface area contributed by atoms with Gasteiger partial charge in [0.05, 0.1) is 29.1 Å². The van der Waals surface area contributed by atoms with E-state index in [1.807, 2.05) is 4.90 Å². The Labute approximate surface area is 198 Å². The number of hydrogen-bond acceptors (Lipinski definition) is 10. The van der Waals surface area contributed by atoms with Gasteiger partial charge in [-0.1, -0.05) is 6.07 Å². The first-order valence-electron chi connectivity index (χ1n) is 10.5. The first-order chi connectivity index (χ1) is 16.9. The highest BCUT2D eigenvalue weighted by Gasteiger charge is 2.25. The lowest BCUT2D eigenvalue weighted by Gasteiger charge is -2.28. The molecule has 0 unspecified atom stereocenters. The predicted octanol–water partition coefficient (Wildman–Crippen LogP) is 2.66. The van der Waals surface area contributed by atoms with E-state index in [0.29, 0.717) is 32.0 Å². The highest BCUT2D eigenvalue weighted by molar-refractivity contribution is 6.10. The molecule has 2 aromatic rings. The van der Waals surface area contributed by atoms with Gasteiger partial charge in [-0.2, -0.15) is 5.26 Å². The van der Waals surface area contributed by atoms with Gasteiger partial charge >= 0.3 is 0 Å². The molecule has 1 N–H and O–H groups in total. The van der Waals surface area contributed by atoms with E-state index in [0.717, 1.165) is 6.07 Å². The lowest BCUT2D eigenvalue weighted by molar-refractivity contribution is -0.384. The Morgan fingerprint density at radius 3 is 2.29 bits per heavy atom. The number of nitro groups is 2. The highest BCUT2D eigenvalue weighted by atomic mass is 16.6. The molecule has 0 radical (unpaired) electrons. The summed E-state index contributed by atoms with van der Waals surface area (Å²) in [5.74, 6) is -0.536. The summed E-state index contributed by atoms with van der Waals surface area (Å²) in [6, 6.07) is 8.48. The molecule has 0 atom stereocenters. The van der Waals surface area contributed by atoms with Crippen LogP contribution in [0.3, 0.4) is 0 Å². The number of ether oxygens (including phenoxy) is 3. The quantitative estimate of drug-likeness (QED) is 0.280. The number of carbonyl (C=O) groups is 1. The van der Waals surface area contributed by atoms with Crippen LogP contribution in [-0.2, 0) is 9.53 Å². The third kappa shape index (κ3) is 5.12. The Morgan fingerprint density at radius 2 is 1.66 bits per heavy atom. The van der Waals surface area contributed by atoms with Gasteiger partial charge in [-0.05, 0) is 17.7 Å². The number of nitrogens with zero attached hydrogens (tertiary/aromatic N) is 4. The third-order valence-electron chi connectivity index (χ3n) is 5.33. The molecular weight excluding hydrogens is 462 g/mol. The molecule has 1 saturated heterocycles. The van der Waals surface area contributed by atoms with Crippen LogP contribution >= 0.6 is 0 Å². The van der Waals surface area contributed by atoms with Crippen molar-refractivity contribution in [1.29, 1.82) is 5.26 Å². The predicted molar refractivity (Wildman–Crippen MR) is 122 cm³/mol. The molecule has 2 aliphatic rings. The van der Waals surface area contributed by atoms with Crippen LogP contribution in [-0.4, -0.2) is 55.3 Å². The lowest BCUT2D eigenvalue weighted by atomic mass is 10.1. The van der Waals surface area contributed by atoms with Gasteiger partial charge < -0.3 is 24.4 Å². The van der Waals surface area contributed by atoms with Crippen LogP contribution in [0.2, 0.25) is 0 Å². The smallest absolute Gasteiger partial charge is 0.296 e. The molecule has 13 nitrogen and oxygen atoms in total. The molecule has 0 bridgehead atoms. The van der Waals surface area contributed by atoms with Gasteiger partial charge in [0.25, 0.3) is 17.3 Å². The van der Waals surface area contributed by atoms with Crippen LogP contribution in [0, 0.1) is 31.6 Å². The van der Waals surface area contributed by atoms with Gasteiger partial charge in [-0.3, -0.25) is 25.0 Å². The van der Waals surface area contributed by atoms with Gasteiger partial charge in [0, 0.05) is 25.2 Å². The zero-order valence-electron chi connectivity index (χ0n) is 18.3. The number of nitro benzene ring substituents is 2. The third-order valence-corrected chi connectivity index (χ3v) is 5.33. The van der Waals surface area contributed by atoms with E-state index in [1.54, 1.807) is 18.2 Å². The largest absolute Gasteiger partial charge is 0.486 e. The maximum absolute atomic E-state index is 12.8. The van der Waals surface area contributed by atoms with Gasteiger partial charge in [-0.15, -0.1) is 0 Å². The number of morpholine rings is 1. The first-order valence-corrected chi connectivity index (χ1v) is 10.5. The van der Waals surface area contributed by atoms with Crippen molar-refractivity contribution in [3.63, 3.8) is 0 Å². The number of nitriles is 1. The molecule has 0 aromatic heterocycles. The van der Waals surface area contributed by atoms with Crippen molar-refractivity contribution in [3.05, 3.63) is 61.7 Å². The fourth-order valence-corrected chi connectivity index (χ4v) is 3.68. The van der Waals surface area contributed by atoms with E-state index in [9.17, 15) is 30.3 Å². The second kappa shape index (κ2) is 10.1. The SMILES string of the molecule is N#C/C(=C/c1ccc(N2CCOCC2)c([N+](=O)[O-])c1)C(=O)Nc1cc2c(cc1[N+](=O)[O-])OCCO2.